The molecule has 2 aliphatic heterocycles. The number of pyridine rings is 2. The first-order valence-electron chi connectivity index (χ1n) is 15.6. The van der Waals surface area contributed by atoms with Crippen molar-refractivity contribution in [2.24, 2.45) is 0 Å². The molecule has 216 valence electrons. The third kappa shape index (κ3) is 3.38. The first-order valence-corrected chi connectivity index (χ1v) is 15.6. The molecule has 4 heteroatoms. The molecular formula is C42H26N2O2. The molecule has 4 nitrogen and oxygen atoms in total. The number of rotatable bonds is 2. The van der Waals surface area contributed by atoms with E-state index in [1.54, 1.807) is 6.20 Å². The van der Waals surface area contributed by atoms with Gasteiger partial charge >= 0.3 is 0 Å². The van der Waals surface area contributed by atoms with Gasteiger partial charge in [-0.05, 0) is 64.2 Å². The Bertz CT molecular complexity index is 2290. The molecule has 7 aromatic rings. The van der Waals surface area contributed by atoms with Gasteiger partial charge in [-0.2, -0.15) is 0 Å². The normalized spacial score (nSPS) is 17.8. The average Bonchev–Trinajstić information content (AvgIpc) is 3.46. The molecule has 1 spiro atoms. The molecule has 0 radical (unpaired) electrons. The molecule has 0 amide bonds. The second-order valence-corrected chi connectivity index (χ2v) is 12.1. The molecule has 0 fully saturated rings. The van der Waals surface area contributed by atoms with Crippen LogP contribution in [0.4, 0.5) is 0 Å². The topological polar surface area (TPSA) is 44.2 Å². The molecule has 5 aromatic carbocycles. The predicted octanol–water partition coefficient (Wildman–Crippen LogP) is 9.90. The maximum atomic E-state index is 6.84. The van der Waals surface area contributed by atoms with Crippen LogP contribution in [0, 0.1) is 0 Å². The van der Waals surface area contributed by atoms with Gasteiger partial charge in [0.25, 0.3) is 0 Å². The summed E-state index contributed by atoms with van der Waals surface area (Å²) in [5.41, 5.74) is 12.0. The van der Waals surface area contributed by atoms with Gasteiger partial charge in [0, 0.05) is 64.1 Å². The van der Waals surface area contributed by atoms with Crippen molar-refractivity contribution in [1.82, 2.24) is 9.97 Å². The predicted molar refractivity (Wildman–Crippen MR) is 179 cm³/mol. The highest BCUT2D eigenvalue weighted by molar-refractivity contribution is 5.81. The molecule has 2 aromatic heterocycles. The molecule has 1 aliphatic carbocycles. The molecule has 46 heavy (non-hydrogen) atoms. The summed E-state index contributed by atoms with van der Waals surface area (Å²) in [6.07, 6.45) is 7.58. The summed E-state index contributed by atoms with van der Waals surface area (Å²) >= 11 is 0. The van der Waals surface area contributed by atoms with Crippen LogP contribution in [-0.2, 0) is 5.41 Å². The Morgan fingerprint density at radius 3 is 1.89 bits per heavy atom. The van der Waals surface area contributed by atoms with Crippen molar-refractivity contribution in [2.45, 2.75) is 11.3 Å². The van der Waals surface area contributed by atoms with Crippen LogP contribution in [0.1, 0.15) is 44.9 Å². The molecule has 4 heterocycles. The van der Waals surface area contributed by atoms with Gasteiger partial charge < -0.3 is 9.47 Å². The Hall–Kier alpha value is -6.00. The maximum absolute atomic E-state index is 6.84. The highest BCUT2D eigenvalue weighted by Gasteiger charge is 2.50. The number of benzene rings is 5. The fourth-order valence-electron chi connectivity index (χ4n) is 7.98. The van der Waals surface area contributed by atoms with Crippen LogP contribution in [0.15, 0.2) is 152 Å². The zero-order valence-corrected chi connectivity index (χ0v) is 24.7. The summed E-state index contributed by atoms with van der Waals surface area (Å²) in [6, 6.07) is 45.1. The van der Waals surface area contributed by atoms with Crippen molar-refractivity contribution >= 4 is 0 Å². The van der Waals surface area contributed by atoms with Crippen molar-refractivity contribution in [1.29, 1.82) is 0 Å². The van der Waals surface area contributed by atoms with E-state index in [4.69, 9.17) is 9.47 Å². The fourth-order valence-corrected chi connectivity index (χ4v) is 7.98. The monoisotopic (exact) mass is 590 g/mol. The average molecular weight is 591 g/mol. The van der Waals surface area contributed by atoms with Gasteiger partial charge in [0.1, 0.15) is 23.0 Å². The summed E-state index contributed by atoms with van der Waals surface area (Å²) in [5.74, 6) is 3.47. The highest BCUT2D eigenvalue weighted by Crippen LogP contribution is 2.62. The van der Waals surface area contributed by atoms with Gasteiger partial charge in [-0.25, -0.2) is 0 Å². The lowest BCUT2D eigenvalue weighted by atomic mass is 9.62. The highest BCUT2D eigenvalue weighted by atomic mass is 16.5. The molecule has 0 bridgehead atoms. The van der Waals surface area contributed by atoms with E-state index < -0.39 is 5.41 Å². The van der Waals surface area contributed by atoms with Crippen LogP contribution >= 0.6 is 0 Å². The summed E-state index contributed by atoms with van der Waals surface area (Å²) in [4.78, 5) is 8.82. The Labute approximate surface area is 266 Å². The minimum absolute atomic E-state index is 0.0903. The maximum Gasteiger partial charge on any atom is 0.132 e. The van der Waals surface area contributed by atoms with Gasteiger partial charge in [0.05, 0.1) is 5.41 Å². The first kappa shape index (κ1) is 25.3. The quantitative estimate of drug-likeness (QED) is 0.201. The number of ether oxygens (including phenoxy) is 2. The van der Waals surface area contributed by atoms with E-state index in [1.165, 1.54) is 27.8 Å². The van der Waals surface area contributed by atoms with Gasteiger partial charge in [-0.15, -0.1) is 0 Å². The Morgan fingerprint density at radius 2 is 1.11 bits per heavy atom. The lowest BCUT2D eigenvalue weighted by molar-refractivity contribution is 0.399. The lowest BCUT2D eigenvalue weighted by Crippen LogP contribution is -2.36. The number of fused-ring (bicyclic) bond motifs is 11. The number of hydrogen-bond donors (Lipinski definition) is 0. The van der Waals surface area contributed by atoms with Gasteiger partial charge in [-0.1, -0.05) is 91.0 Å². The van der Waals surface area contributed by atoms with Crippen molar-refractivity contribution in [3.8, 4) is 45.3 Å². The second-order valence-electron chi connectivity index (χ2n) is 12.1. The largest absolute Gasteiger partial charge is 0.457 e. The third-order valence-corrected chi connectivity index (χ3v) is 9.87. The zero-order chi connectivity index (χ0) is 30.2. The first-order chi connectivity index (χ1) is 22.8. The number of para-hydroxylation sites is 2. The summed E-state index contributed by atoms with van der Waals surface area (Å²) in [7, 11) is 0. The van der Waals surface area contributed by atoms with Gasteiger partial charge in [0.15, 0.2) is 0 Å². The summed E-state index contributed by atoms with van der Waals surface area (Å²) < 4.78 is 13.6. The SMILES string of the molecule is c1cncc(-c2ccc3c(c2)Oc2ccccc2C32c3ccccc3Oc3cc(C4c5ccccc5-c5cnccc54)ccc32)c1. The van der Waals surface area contributed by atoms with Crippen LogP contribution in [0.25, 0.3) is 22.3 Å². The lowest BCUT2D eigenvalue weighted by Gasteiger charge is -2.45. The number of nitrogens with zero attached hydrogens (tertiary/aromatic N) is 2. The summed E-state index contributed by atoms with van der Waals surface area (Å²) in [5, 5.41) is 0. The van der Waals surface area contributed by atoms with Crippen molar-refractivity contribution in [3.63, 3.8) is 0 Å². The van der Waals surface area contributed by atoms with Crippen LogP contribution in [0.2, 0.25) is 0 Å². The van der Waals surface area contributed by atoms with E-state index in [1.807, 2.05) is 30.7 Å². The zero-order valence-electron chi connectivity index (χ0n) is 24.7. The van der Waals surface area contributed by atoms with Gasteiger partial charge in [0.2, 0.25) is 0 Å². The molecule has 3 aliphatic rings. The van der Waals surface area contributed by atoms with E-state index in [0.29, 0.717) is 0 Å². The summed E-state index contributed by atoms with van der Waals surface area (Å²) in [6.45, 7) is 0. The van der Waals surface area contributed by atoms with E-state index >= 15 is 0 Å². The standard InChI is InChI=1S/C42H26N2O2/c1-2-10-30-29(9-1)32-25-44-21-19-31(32)41(30)27-16-18-36-40(23-27)46-38-14-6-4-12-34(38)42(36)33-11-3-5-13-37(33)45-39-22-26(15-17-35(39)42)28-8-7-20-43-24-28/h1-25,41H. The Balaban J connectivity index is 1.24. The van der Waals surface area contributed by atoms with Gasteiger partial charge in [-0.3, -0.25) is 9.97 Å². The molecular weight excluding hydrogens is 564 g/mol. The Kier molecular flexibility index (Phi) is 5.23. The van der Waals surface area contributed by atoms with E-state index in [-0.39, 0.29) is 5.92 Å². The molecule has 10 rings (SSSR count). The molecule has 2 unspecified atom stereocenters. The molecule has 0 saturated heterocycles. The van der Waals surface area contributed by atoms with Crippen LogP contribution < -0.4 is 9.47 Å². The fraction of sp³-hybridized carbons (Fsp3) is 0.0476. The smallest absolute Gasteiger partial charge is 0.132 e. The molecule has 0 N–H and O–H groups in total. The second kappa shape index (κ2) is 9.50. The van der Waals surface area contributed by atoms with Crippen LogP contribution in [0.3, 0.4) is 0 Å². The van der Waals surface area contributed by atoms with E-state index in [9.17, 15) is 0 Å². The molecule has 0 saturated carbocycles. The van der Waals surface area contributed by atoms with Crippen LogP contribution in [0.5, 0.6) is 23.0 Å². The molecule has 2 atom stereocenters. The van der Waals surface area contributed by atoms with Crippen molar-refractivity contribution in [2.75, 3.05) is 0 Å². The van der Waals surface area contributed by atoms with Crippen molar-refractivity contribution in [3.05, 3.63) is 191 Å². The van der Waals surface area contributed by atoms with E-state index in [2.05, 4.69) is 125 Å². The minimum Gasteiger partial charge on any atom is -0.457 e. The number of aromatic nitrogens is 2. The minimum atomic E-state index is -0.643. The van der Waals surface area contributed by atoms with Crippen molar-refractivity contribution < 1.29 is 9.47 Å². The van der Waals surface area contributed by atoms with Crippen LogP contribution in [-0.4, -0.2) is 9.97 Å². The third-order valence-electron chi connectivity index (χ3n) is 9.87. The van der Waals surface area contributed by atoms with E-state index in [0.717, 1.165) is 56.4 Å². The Morgan fingerprint density at radius 1 is 0.457 bits per heavy atom. The number of hydrogen-bond acceptors (Lipinski definition) is 4.